The zero-order chi connectivity index (χ0) is 18.5. The summed E-state index contributed by atoms with van der Waals surface area (Å²) in [6, 6.07) is 5.57. The standard InChI is InChI=1S/C21H30N2O4/c24-21(22-18-2-3-19-20(13-18)27-12-11-26-19)4-1-16-5-8-23(9-6-16)14-17-7-10-25-15-17/h2-3,13,16-17H,1,4-12,14-15H2,(H,22,24)/t17-/m1/s1. The number of likely N-dealkylation sites (tertiary alicyclic amines) is 1. The van der Waals surface area contributed by atoms with Gasteiger partial charge in [0.2, 0.25) is 5.91 Å². The van der Waals surface area contributed by atoms with Gasteiger partial charge in [0.1, 0.15) is 13.2 Å². The van der Waals surface area contributed by atoms with Gasteiger partial charge in [-0.25, -0.2) is 0 Å². The Labute approximate surface area is 161 Å². The number of nitrogens with one attached hydrogen (secondary N) is 1. The molecule has 0 spiro atoms. The normalized spacial score (nSPS) is 23.3. The van der Waals surface area contributed by atoms with Crippen LogP contribution in [0.5, 0.6) is 11.5 Å². The fourth-order valence-electron chi connectivity index (χ4n) is 4.23. The van der Waals surface area contributed by atoms with Gasteiger partial charge in [-0.05, 0) is 62.7 Å². The summed E-state index contributed by atoms with van der Waals surface area (Å²) in [5, 5.41) is 2.99. The first-order valence-corrected chi connectivity index (χ1v) is 10.3. The average Bonchev–Trinajstić information content (AvgIpc) is 3.20. The zero-order valence-corrected chi connectivity index (χ0v) is 16.0. The smallest absolute Gasteiger partial charge is 0.224 e. The second-order valence-electron chi connectivity index (χ2n) is 7.92. The first-order valence-electron chi connectivity index (χ1n) is 10.3. The van der Waals surface area contributed by atoms with Crippen molar-refractivity contribution in [2.45, 2.75) is 32.1 Å². The molecule has 1 atom stereocenters. The number of rotatable bonds is 6. The van der Waals surface area contributed by atoms with Crippen LogP contribution in [-0.4, -0.2) is 56.9 Å². The van der Waals surface area contributed by atoms with Crippen LogP contribution in [0.1, 0.15) is 32.1 Å². The van der Waals surface area contributed by atoms with E-state index in [0.717, 1.165) is 50.1 Å². The molecule has 1 amide bonds. The molecule has 0 aromatic heterocycles. The van der Waals surface area contributed by atoms with Crippen molar-refractivity contribution in [3.63, 3.8) is 0 Å². The summed E-state index contributed by atoms with van der Waals surface area (Å²) < 4.78 is 16.6. The van der Waals surface area contributed by atoms with Gasteiger partial charge in [0.05, 0.1) is 6.61 Å². The Balaban J connectivity index is 1.16. The second kappa shape index (κ2) is 8.93. The molecule has 3 heterocycles. The number of ether oxygens (including phenoxy) is 3. The Morgan fingerprint density at radius 2 is 1.85 bits per heavy atom. The van der Waals surface area contributed by atoms with Gasteiger partial charge in [0.15, 0.2) is 11.5 Å². The van der Waals surface area contributed by atoms with Crippen LogP contribution in [0.25, 0.3) is 0 Å². The van der Waals surface area contributed by atoms with E-state index in [4.69, 9.17) is 14.2 Å². The highest BCUT2D eigenvalue weighted by Crippen LogP contribution is 2.32. The van der Waals surface area contributed by atoms with Gasteiger partial charge in [0, 0.05) is 31.3 Å². The van der Waals surface area contributed by atoms with Gasteiger partial charge >= 0.3 is 0 Å². The van der Waals surface area contributed by atoms with Gasteiger partial charge in [0.25, 0.3) is 0 Å². The number of hydrogen-bond donors (Lipinski definition) is 1. The molecule has 6 nitrogen and oxygen atoms in total. The van der Waals surface area contributed by atoms with E-state index in [1.54, 1.807) is 0 Å². The van der Waals surface area contributed by atoms with Crippen LogP contribution in [0.2, 0.25) is 0 Å². The van der Waals surface area contributed by atoms with Crippen LogP contribution in [0, 0.1) is 11.8 Å². The minimum atomic E-state index is 0.0808. The molecule has 3 aliphatic heterocycles. The molecule has 1 aromatic carbocycles. The number of benzene rings is 1. The van der Waals surface area contributed by atoms with Crippen LogP contribution < -0.4 is 14.8 Å². The average molecular weight is 374 g/mol. The third-order valence-electron chi connectivity index (χ3n) is 5.85. The summed E-state index contributed by atoms with van der Waals surface area (Å²) in [6.45, 7) is 6.48. The first-order chi connectivity index (χ1) is 13.3. The van der Waals surface area contributed by atoms with E-state index in [1.807, 2.05) is 18.2 Å². The van der Waals surface area contributed by atoms with E-state index in [9.17, 15) is 4.79 Å². The molecule has 0 unspecified atom stereocenters. The van der Waals surface area contributed by atoms with Crippen LogP contribution in [0.3, 0.4) is 0 Å². The fraction of sp³-hybridized carbons (Fsp3) is 0.667. The number of hydrogen-bond acceptors (Lipinski definition) is 5. The summed E-state index contributed by atoms with van der Waals surface area (Å²) in [5.74, 6) is 2.91. The van der Waals surface area contributed by atoms with Crippen molar-refractivity contribution in [2.75, 3.05) is 51.4 Å². The highest BCUT2D eigenvalue weighted by molar-refractivity contribution is 5.91. The molecular formula is C21H30N2O4. The molecule has 2 fully saturated rings. The molecule has 0 aliphatic carbocycles. The van der Waals surface area contributed by atoms with Crippen LogP contribution in [0.15, 0.2) is 18.2 Å². The molecular weight excluding hydrogens is 344 g/mol. The number of nitrogens with zero attached hydrogens (tertiary/aromatic N) is 1. The lowest BCUT2D eigenvalue weighted by molar-refractivity contribution is -0.116. The highest BCUT2D eigenvalue weighted by Gasteiger charge is 2.24. The highest BCUT2D eigenvalue weighted by atomic mass is 16.6. The molecule has 0 bridgehead atoms. The number of anilines is 1. The lowest BCUT2D eigenvalue weighted by atomic mass is 9.91. The lowest BCUT2D eigenvalue weighted by Gasteiger charge is -2.33. The monoisotopic (exact) mass is 374 g/mol. The summed E-state index contributed by atoms with van der Waals surface area (Å²) in [6.07, 6.45) is 5.15. The minimum Gasteiger partial charge on any atom is -0.486 e. The Bertz CT molecular complexity index is 637. The maximum atomic E-state index is 12.3. The first kappa shape index (κ1) is 18.6. The molecule has 27 heavy (non-hydrogen) atoms. The van der Waals surface area contributed by atoms with Crippen molar-refractivity contribution in [1.29, 1.82) is 0 Å². The van der Waals surface area contributed by atoms with Crippen LogP contribution in [0.4, 0.5) is 5.69 Å². The van der Waals surface area contributed by atoms with Gasteiger partial charge in [-0.2, -0.15) is 0 Å². The summed E-state index contributed by atoms with van der Waals surface area (Å²) in [4.78, 5) is 14.9. The summed E-state index contributed by atoms with van der Waals surface area (Å²) in [5.41, 5.74) is 0.776. The molecule has 1 N–H and O–H groups in total. The third-order valence-corrected chi connectivity index (χ3v) is 5.85. The molecule has 6 heteroatoms. The SMILES string of the molecule is O=C(CCC1CCN(C[C@H]2CCOC2)CC1)Nc1ccc2c(c1)OCCO2. The van der Waals surface area contributed by atoms with Crippen molar-refractivity contribution in [1.82, 2.24) is 4.90 Å². The summed E-state index contributed by atoms with van der Waals surface area (Å²) in [7, 11) is 0. The van der Waals surface area contributed by atoms with E-state index in [2.05, 4.69) is 10.2 Å². The van der Waals surface area contributed by atoms with Crippen molar-refractivity contribution in [2.24, 2.45) is 11.8 Å². The van der Waals surface area contributed by atoms with Gasteiger partial charge in [-0.3, -0.25) is 4.79 Å². The molecule has 1 aromatic rings. The predicted octanol–water partition coefficient (Wildman–Crippen LogP) is 2.93. The van der Waals surface area contributed by atoms with Crippen molar-refractivity contribution in [3.05, 3.63) is 18.2 Å². The maximum absolute atomic E-state index is 12.3. The molecule has 3 aliphatic rings. The van der Waals surface area contributed by atoms with Gasteiger partial charge in [-0.15, -0.1) is 0 Å². The molecule has 4 rings (SSSR count). The van der Waals surface area contributed by atoms with Crippen molar-refractivity contribution >= 4 is 11.6 Å². The van der Waals surface area contributed by atoms with Crippen LogP contribution >= 0.6 is 0 Å². The Kier molecular flexibility index (Phi) is 6.14. The molecule has 148 valence electrons. The molecule has 0 saturated carbocycles. The summed E-state index contributed by atoms with van der Waals surface area (Å²) >= 11 is 0. The Morgan fingerprint density at radius 3 is 2.63 bits per heavy atom. The van der Waals surface area contributed by atoms with E-state index in [-0.39, 0.29) is 5.91 Å². The number of amides is 1. The largest absolute Gasteiger partial charge is 0.486 e. The fourth-order valence-corrected chi connectivity index (χ4v) is 4.23. The van der Waals surface area contributed by atoms with Gasteiger partial charge < -0.3 is 24.4 Å². The van der Waals surface area contributed by atoms with E-state index in [1.165, 1.54) is 25.8 Å². The number of carbonyl (C=O) groups excluding carboxylic acids is 1. The van der Waals surface area contributed by atoms with Crippen molar-refractivity contribution in [3.8, 4) is 11.5 Å². The van der Waals surface area contributed by atoms with Gasteiger partial charge in [-0.1, -0.05) is 0 Å². The lowest BCUT2D eigenvalue weighted by Crippen LogP contribution is -2.37. The van der Waals surface area contributed by atoms with E-state index < -0.39 is 0 Å². The number of carbonyl (C=O) groups is 1. The maximum Gasteiger partial charge on any atom is 0.224 e. The topological polar surface area (TPSA) is 60.0 Å². The van der Waals surface area contributed by atoms with E-state index >= 15 is 0 Å². The Hall–Kier alpha value is -1.79. The van der Waals surface area contributed by atoms with E-state index in [0.29, 0.717) is 31.3 Å². The zero-order valence-electron chi connectivity index (χ0n) is 16.0. The number of fused-ring (bicyclic) bond motifs is 1. The number of piperidine rings is 1. The molecule has 2 saturated heterocycles. The quantitative estimate of drug-likeness (QED) is 0.830. The molecule has 0 radical (unpaired) electrons. The van der Waals surface area contributed by atoms with Crippen LogP contribution in [-0.2, 0) is 9.53 Å². The third kappa shape index (κ3) is 5.14. The minimum absolute atomic E-state index is 0.0808. The second-order valence-corrected chi connectivity index (χ2v) is 7.92. The van der Waals surface area contributed by atoms with Crippen molar-refractivity contribution < 1.29 is 19.0 Å². The Morgan fingerprint density at radius 1 is 1.04 bits per heavy atom. The predicted molar refractivity (Wildman–Crippen MR) is 103 cm³/mol.